The van der Waals surface area contributed by atoms with E-state index in [-0.39, 0.29) is 11.5 Å². The van der Waals surface area contributed by atoms with Crippen LogP contribution in [0.1, 0.15) is 29.9 Å². The molecule has 24 heavy (non-hydrogen) atoms. The van der Waals surface area contributed by atoms with Crippen LogP contribution in [0.2, 0.25) is 0 Å². The third-order valence-corrected chi connectivity index (χ3v) is 4.53. The van der Waals surface area contributed by atoms with Crippen molar-refractivity contribution in [3.8, 4) is 11.5 Å². The predicted molar refractivity (Wildman–Crippen MR) is 88.4 cm³/mol. The van der Waals surface area contributed by atoms with Gasteiger partial charge in [0.15, 0.2) is 0 Å². The third kappa shape index (κ3) is 4.23. The maximum atomic E-state index is 12.5. The number of hydrogen-bond donors (Lipinski definition) is 1. The molecule has 3 nitrogen and oxygen atoms in total. The summed E-state index contributed by atoms with van der Waals surface area (Å²) in [6, 6.07) is 14.4. The van der Waals surface area contributed by atoms with Crippen LogP contribution in [0, 0.1) is 0 Å². The van der Waals surface area contributed by atoms with Crippen molar-refractivity contribution in [2.45, 2.75) is 31.9 Å². The fourth-order valence-electron chi connectivity index (χ4n) is 3.26. The number of alkyl halides is 2. The van der Waals surface area contributed by atoms with Gasteiger partial charge in [0.25, 0.3) is 0 Å². The third-order valence-electron chi connectivity index (χ3n) is 4.53. The van der Waals surface area contributed by atoms with E-state index in [9.17, 15) is 13.9 Å². The van der Waals surface area contributed by atoms with Gasteiger partial charge >= 0.3 is 6.61 Å². The highest BCUT2D eigenvalue weighted by molar-refractivity contribution is 5.33. The van der Waals surface area contributed by atoms with Gasteiger partial charge in [-0.3, -0.25) is 4.90 Å². The summed E-state index contributed by atoms with van der Waals surface area (Å²) in [6.07, 6.45) is 2.03. The van der Waals surface area contributed by atoms with E-state index < -0.39 is 6.61 Å². The van der Waals surface area contributed by atoms with E-state index in [2.05, 4.69) is 9.64 Å². The van der Waals surface area contributed by atoms with Crippen LogP contribution in [0.3, 0.4) is 0 Å². The summed E-state index contributed by atoms with van der Waals surface area (Å²) in [5.41, 5.74) is 2.04. The molecule has 1 aliphatic rings. The first-order valence-electron chi connectivity index (χ1n) is 8.16. The molecule has 5 heteroatoms. The minimum atomic E-state index is -2.80. The first-order valence-corrected chi connectivity index (χ1v) is 8.16. The number of para-hydroxylation sites is 1. The monoisotopic (exact) mass is 333 g/mol. The van der Waals surface area contributed by atoms with E-state index >= 15 is 0 Å². The second-order valence-corrected chi connectivity index (χ2v) is 6.13. The quantitative estimate of drug-likeness (QED) is 0.882. The van der Waals surface area contributed by atoms with E-state index in [1.54, 1.807) is 24.3 Å². The molecule has 0 bridgehead atoms. The van der Waals surface area contributed by atoms with Gasteiger partial charge in [-0.25, -0.2) is 0 Å². The molecule has 0 radical (unpaired) electrons. The van der Waals surface area contributed by atoms with Crippen LogP contribution in [-0.2, 0) is 6.54 Å². The zero-order valence-corrected chi connectivity index (χ0v) is 13.4. The van der Waals surface area contributed by atoms with Gasteiger partial charge < -0.3 is 9.84 Å². The molecule has 0 atom stereocenters. The summed E-state index contributed by atoms with van der Waals surface area (Å²) in [5.74, 6) is 1.02. The van der Waals surface area contributed by atoms with Gasteiger partial charge in [0.2, 0.25) is 0 Å². The summed E-state index contributed by atoms with van der Waals surface area (Å²) in [4.78, 5) is 2.27. The predicted octanol–water partition coefficient (Wildman–Crippen LogP) is 4.37. The average molecular weight is 333 g/mol. The number of piperidine rings is 1. The van der Waals surface area contributed by atoms with Crippen LogP contribution < -0.4 is 4.74 Å². The topological polar surface area (TPSA) is 32.7 Å². The highest BCUT2D eigenvalue weighted by Crippen LogP contribution is 2.30. The molecule has 1 aliphatic heterocycles. The molecule has 1 N–H and O–H groups in total. The first kappa shape index (κ1) is 16.7. The zero-order chi connectivity index (χ0) is 16.9. The Morgan fingerprint density at radius 3 is 2.38 bits per heavy atom. The van der Waals surface area contributed by atoms with Gasteiger partial charge in [0.05, 0.1) is 0 Å². The van der Waals surface area contributed by atoms with E-state index in [0.29, 0.717) is 12.5 Å². The molecule has 0 amide bonds. The van der Waals surface area contributed by atoms with Gasteiger partial charge in [-0.15, -0.1) is 0 Å². The molecule has 2 aromatic carbocycles. The van der Waals surface area contributed by atoms with Crippen LogP contribution in [0.25, 0.3) is 0 Å². The van der Waals surface area contributed by atoms with Crippen molar-refractivity contribution in [3.05, 3.63) is 59.7 Å². The molecular weight excluding hydrogens is 312 g/mol. The Bertz CT molecular complexity index is 653. The Hall–Kier alpha value is -2.14. The summed E-state index contributed by atoms with van der Waals surface area (Å²) < 4.78 is 29.6. The van der Waals surface area contributed by atoms with Crippen LogP contribution in [-0.4, -0.2) is 29.7 Å². The largest absolute Gasteiger partial charge is 0.508 e. The van der Waals surface area contributed by atoms with Crippen molar-refractivity contribution in [1.82, 2.24) is 4.90 Å². The molecule has 0 aromatic heterocycles. The van der Waals surface area contributed by atoms with E-state index in [4.69, 9.17) is 0 Å². The van der Waals surface area contributed by atoms with Crippen LogP contribution in [0.4, 0.5) is 8.78 Å². The number of aromatic hydroxyl groups is 1. The van der Waals surface area contributed by atoms with Crippen LogP contribution >= 0.6 is 0 Å². The van der Waals surface area contributed by atoms with E-state index in [1.165, 1.54) is 5.56 Å². The number of nitrogens with zero attached hydrogens (tertiary/aromatic N) is 1. The Labute approximate surface area is 140 Å². The van der Waals surface area contributed by atoms with Crippen LogP contribution in [0.5, 0.6) is 11.5 Å². The molecule has 3 rings (SSSR count). The molecular formula is C19H21F2NO2. The molecule has 1 fully saturated rings. The van der Waals surface area contributed by atoms with Crippen molar-refractivity contribution in [1.29, 1.82) is 0 Å². The van der Waals surface area contributed by atoms with E-state index in [0.717, 1.165) is 31.5 Å². The van der Waals surface area contributed by atoms with Crippen LogP contribution in [0.15, 0.2) is 48.5 Å². The molecule has 0 saturated carbocycles. The first-order chi connectivity index (χ1) is 11.6. The number of likely N-dealkylation sites (tertiary alicyclic amines) is 1. The van der Waals surface area contributed by atoms with Gasteiger partial charge in [-0.2, -0.15) is 8.78 Å². The van der Waals surface area contributed by atoms with Crippen molar-refractivity contribution in [2.24, 2.45) is 0 Å². The number of hydrogen-bond acceptors (Lipinski definition) is 3. The highest BCUT2D eigenvalue weighted by atomic mass is 19.3. The maximum absolute atomic E-state index is 12.5. The normalized spacial score (nSPS) is 16.5. The van der Waals surface area contributed by atoms with Gasteiger partial charge in [-0.05, 0) is 55.6 Å². The number of benzene rings is 2. The minimum absolute atomic E-state index is 0.258. The molecule has 1 heterocycles. The van der Waals surface area contributed by atoms with Crippen molar-refractivity contribution >= 4 is 0 Å². The Morgan fingerprint density at radius 2 is 1.71 bits per heavy atom. The van der Waals surface area contributed by atoms with Crippen molar-refractivity contribution < 1.29 is 18.6 Å². The Kier molecular flexibility index (Phi) is 5.30. The number of phenols is 1. The lowest BCUT2D eigenvalue weighted by Gasteiger charge is -2.32. The average Bonchev–Trinajstić information content (AvgIpc) is 2.58. The molecule has 1 saturated heterocycles. The lowest BCUT2D eigenvalue weighted by Crippen LogP contribution is -2.32. The van der Waals surface area contributed by atoms with Crippen molar-refractivity contribution in [2.75, 3.05) is 13.1 Å². The number of phenolic OH excluding ortho intramolecular Hbond substituents is 1. The Morgan fingerprint density at radius 1 is 1.04 bits per heavy atom. The lowest BCUT2D eigenvalue weighted by atomic mass is 9.89. The molecule has 128 valence electrons. The molecule has 0 unspecified atom stereocenters. The number of rotatable bonds is 5. The van der Waals surface area contributed by atoms with Gasteiger partial charge in [0.1, 0.15) is 11.5 Å². The summed E-state index contributed by atoms with van der Waals surface area (Å²) >= 11 is 0. The molecule has 0 spiro atoms. The summed E-state index contributed by atoms with van der Waals surface area (Å²) in [7, 11) is 0. The molecule has 0 aliphatic carbocycles. The zero-order valence-electron chi connectivity index (χ0n) is 13.4. The number of ether oxygens (including phenoxy) is 1. The van der Waals surface area contributed by atoms with Crippen molar-refractivity contribution in [3.63, 3.8) is 0 Å². The van der Waals surface area contributed by atoms with E-state index in [1.807, 2.05) is 24.3 Å². The SMILES string of the molecule is Oc1ccc(C2CCN(Cc3ccccc3OC(F)F)CC2)cc1. The fraction of sp³-hybridized carbons (Fsp3) is 0.368. The highest BCUT2D eigenvalue weighted by Gasteiger charge is 2.21. The maximum Gasteiger partial charge on any atom is 0.387 e. The number of halogens is 2. The fourth-order valence-corrected chi connectivity index (χ4v) is 3.26. The second kappa shape index (κ2) is 7.62. The Balaban J connectivity index is 1.59. The van der Waals surface area contributed by atoms with Gasteiger partial charge in [0, 0.05) is 12.1 Å². The smallest absolute Gasteiger partial charge is 0.387 e. The molecule has 2 aromatic rings. The summed E-state index contributed by atoms with van der Waals surface area (Å²) in [5, 5.41) is 9.38. The standard InChI is InChI=1S/C19H21F2NO2/c20-19(21)24-18-4-2-1-3-16(18)13-22-11-9-15(10-12-22)14-5-7-17(23)8-6-14/h1-8,15,19,23H,9-13H2. The minimum Gasteiger partial charge on any atom is -0.508 e. The van der Waals surface area contributed by atoms with Gasteiger partial charge in [-0.1, -0.05) is 30.3 Å². The second-order valence-electron chi connectivity index (χ2n) is 6.13. The summed E-state index contributed by atoms with van der Waals surface area (Å²) in [6.45, 7) is -0.361. The lowest BCUT2D eigenvalue weighted by molar-refractivity contribution is -0.0508.